The highest BCUT2D eigenvalue weighted by atomic mass is 35.5. The molecule has 1 N–H and O–H groups in total. The normalized spacial score (nSPS) is 11.6. The zero-order valence-electron chi connectivity index (χ0n) is 13.7. The van der Waals surface area contributed by atoms with Crippen LogP contribution in [0.4, 0.5) is 0 Å². The second-order valence-corrected chi connectivity index (χ2v) is 7.84. The van der Waals surface area contributed by atoms with Gasteiger partial charge in [-0.1, -0.05) is 48.0 Å². The number of hydrogen-bond acceptors (Lipinski definition) is 3. The van der Waals surface area contributed by atoms with Crippen LogP contribution in [-0.2, 0) is 10.0 Å². The molecule has 6 heteroatoms. The highest BCUT2D eigenvalue weighted by Gasteiger charge is 2.13. The van der Waals surface area contributed by atoms with Gasteiger partial charge in [0.2, 0.25) is 10.0 Å². The summed E-state index contributed by atoms with van der Waals surface area (Å²) < 4.78 is 32.9. The Balaban J connectivity index is 1.61. The Morgan fingerprint density at radius 3 is 2.52 bits per heavy atom. The Bertz CT molecular complexity index is 1000. The fourth-order valence-electron chi connectivity index (χ4n) is 2.43. The molecule has 4 nitrogen and oxygen atoms in total. The number of hydrogen-bond donors (Lipinski definition) is 1. The lowest BCUT2D eigenvalue weighted by atomic mass is 10.1. The zero-order chi connectivity index (χ0) is 17.9. The first-order chi connectivity index (χ1) is 12.0. The van der Waals surface area contributed by atoms with Crippen molar-refractivity contribution in [2.75, 3.05) is 13.2 Å². The van der Waals surface area contributed by atoms with Gasteiger partial charge < -0.3 is 4.74 Å². The first-order valence-corrected chi connectivity index (χ1v) is 9.69. The molecule has 130 valence electrons. The molecule has 3 aromatic carbocycles. The lowest BCUT2D eigenvalue weighted by molar-refractivity contribution is 0.323. The molecule has 0 amide bonds. The minimum Gasteiger partial charge on any atom is -0.492 e. The quantitative estimate of drug-likeness (QED) is 0.658. The molecule has 0 saturated carbocycles. The lowest BCUT2D eigenvalue weighted by Crippen LogP contribution is -2.28. The maximum Gasteiger partial charge on any atom is 0.240 e. The molecule has 0 saturated heterocycles. The van der Waals surface area contributed by atoms with Crippen molar-refractivity contribution in [1.82, 2.24) is 4.72 Å². The largest absolute Gasteiger partial charge is 0.492 e. The molecule has 0 atom stereocenters. The van der Waals surface area contributed by atoms with Crippen molar-refractivity contribution in [2.45, 2.75) is 11.8 Å². The summed E-state index contributed by atoms with van der Waals surface area (Å²) in [4.78, 5) is 0.240. The number of ether oxygens (including phenoxy) is 1. The molecule has 0 fully saturated rings. The summed E-state index contributed by atoms with van der Waals surface area (Å²) in [6, 6.07) is 18.1. The van der Waals surface area contributed by atoms with Crippen LogP contribution < -0.4 is 9.46 Å². The summed E-state index contributed by atoms with van der Waals surface area (Å²) in [5.74, 6) is 0.612. The molecule has 25 heavy (non-hydrogen) atoms. The van der Waals surface area contributed by atoms with E-state index in [0.717, 1.165) is 16.3 Å². The van der Waals surface area contributed by atoms with Crippen molar-refractivity contribution in [1.29, 1.82) is 0 Å². The predicted octanol–water partition coefficient (Wildman–Crippen LogP) is 4.16. The van der Waals surface area contributed by atoms with Crippen molar-refractivity contribution in [3.63, 3.8) is 0 Å². The Morgan fingerprint density at radius 1 is 1.00 bits per heavy atom. The van der Waals surface area contributed by atoms with Crippen LogP contribution in [0.3, 0.4) is 0 Å². The van der Waals surface area contributed by atoms with Gasteiger partial charge in [-0.05, 0) is 47.5 Å². The topological polar surface area (TPSA) is 55.4 Å². The highest BCUT2D eigenvalue weighted by Crippen LogP contribution is 2.22. The van der Waals surface area contributed by atoms with Gasteiger partial charge >= 0.3 is 0 Å². The van der Waals surface area contributed by atoms with Crippen LogP contribution >= 0.6 is 11.6 Å². The number of halogens is 1. The van der Waals surface area contributed by atoms with Gasteiger partial charge in [0.05, 0.1) is 4.90 Å². The van der Waals surface area contributed by atoms with E-state index < -0.39 is 10.0 Å². The molecule has 0 aliphatic carbocycles. The predicted molar refractivity (Wildman–Crippen MR) is 101 cm³/mol. The lowest BCUT2D eigenvalue weighted by Gasteiger charge is -2.10. The SMILES string of the molecule is Cc1ccc(OCCNS(=O)(=O)c2ccc3ccccc3c2)cc1Cl. The first kappa shape index (κ1) is 17.7. The van der Waals surface area contributed by atoms with Crippen LogP contribution in [0, 0.1) is 6.92 Å². The van der Waals surface area contributed by atoms with Crippen LogP contribution in [0.15, 0.2) is 65.6 Å². The summed E-state index contributed by atoms with van der Waals surface area (Å²) in [6.45, 7) is 2.29. The molecule has 0 bridgehead atoms. The van der Waals surface area contributed by atoms with Gasteiger partial charge in [0.1, 0.15) is 12.4 Å². The van der Waals surface area contributed by atoms with E-state index in [9.17, 15) is 8.42 Å². The standard InChI is InChI=1S/C19H18ClNO3S/c1-14-6-8-17(13-19(14)20)24-11-10-21-25(22,23)18-9-7-15-4-2-3-5-16(15)12-18/h2-9,12-13,21H,10-11H2,1H3. The third-order valence-corrected chi connectivity index (χ3v) is 5.70. The van der Waals surface area contributed by atoms with Crippen LogP contribution in [0.5, 0.6) is 5.75 Å². The maximum atomic E-state index is 12.4. The van der Waals surface area contributed by atoms with Gasteiger partial charge in [0, 0.05) is 11.6 Å². The Morgan fingerprint density at radius 2 is 1.76 bits per heavy atom. The van der Waals surface area contributed by atoms with Crippen molar-refractivity contribution < 1.29 is 13.2 Å². The van der Waals surface area contributed by atoms with Crippen molar-refractivity contribution in [3.8, 4) is 5.75 Å². The Labute approximate surface area is 152 Å². The molecular formula is C19H18ClNO3S. The van der Waals surface area contributed by atoms with E-state index in [-0.39, 0.29) is 18.0 Å². The van der Waals surface area contributed by atoms with E-state index in [4.69, 9.17) is 16.3 Å². The van der Waals surface area contributed by atoms with Crippen LogP contribution in [0.2, 0.25) is 5.02 Å². The van der Waals surface area contributed by atoms with Gasteiger partial charge in [-0.3, -0.25) is 0 Å². The summed E-state index contributed by atoms with van der Waals surface area (Å²) in [6.07, 6.45) is 0. The van der Waals surface area contributed by atoms with Gasteiger partial charge in [-0.15, -0.1) is 0 Å². The van der Waals surface area contributed by atoms with Gasteiger partial charge in [-0.2, -0.15) is 0 Å². The number of aryl methyl sites for hydroxylation is 1. The van der Waals surface area contributed by atoms with E-state index >= 15 is 0 Å². The third kappa shape index (κ3) is 4.31. The van der Waals surface area contributed by atoms with E-state index in [1.165, 1.54) is 0 Å². The molecule has 0 heterocycles. The first-order valence-electron chi connectivity index (χ1n) is 7.83. The number of benzene rings is 3. The average molecular weight is 376 g/mol. The van der Waals surface area contributed by atoms with E-state index in [2.05, 4.69) is 4.72 Å². The second kappa shape index (κ2) is 7.44. The van der Waals surface area contributed by atoms with Crippen molar-refractivity contribution in [3.05, 3.63) is 71.2 Å². The third-order valence-electron chi connectivity index (χ3n) is 3.84. The summed E-state index contributed by atoms with van der Waals surface area (Å²) in [7, 11) is -3.58. The number of nitrogens with one attached hydrogen (secondary N) is 1. The summed E-state index contributed by atoms with van der Waals surface area (Å²) in [5.41, 5.74) is 0.964. The summed E-state index contributed by atoms with van der Waals surface area (Å²) in [5, 5.41) is 2.51. The smallest absolute Gasteiger partial charge is 0.240 e. The average Bonchev–Trinajstić information content (AvgIpc) is 2.61. The molecular weight excluding hydrogens is 358 g/mol. The minimum absolute atomic E-state index is 0.167. The van der Waals surface area contributed by atoms with Gasteiger partial charge in [-0.25, -0.2) is 13.1 Å². The molecule has 0 aliphatic heterocycles. The van der Waals surface area contributed by atoms with Crippen LogP contribution in [-0.4, -0.2) is 21.6 Å². The minimum atomic E-state index is -3.58. The highest BCUT2D eigenvalue weighted by molar-refractivity contribution is 7.89. The van der Waals surface area contributed by atoms with E-state index in [1.54, 1.807) is 30.3 Å². The molecule has 0 aliphatic rings. The number of sulfonamides is 1. The van der Waals surface area contributed by atoms with E-state index in [1.807, 2.05) is 37.3 Å². The molecule has 0 unspecified atom stereocenters. The molecule has 3 rings (SSSR count). The Kier molecular flexibility index (Phi) is 5.27. The van der Waals surface area contributed by atoms with Gasteiger partial charge in [0.15, 0.2) is 0 Å². The molecule has 0 radical (unpaired) electrons. The maximum absolute atomic E-state index is 12.4. The van der Waals surface area contributed by atoms with Crippen molar-refractivity contribution >= 4 is 32.4 Å². The fraction of sp³-hybridized carbons (Fsp3) is 0.158. The van der Waals surface area contributed by atoms with Crippen LogP contribution in [0.25, 0.3) is 10.8 Å². The van der Waals surface area contributed by atoms with Crippen molar-refractivity contribution in [2.24, 2.45) is 0 Å². The molecule has 3 aromatic rings. The zero-order valence-corrected chi connectivity index (χ0v) is 15.3. The summed E-state index contributed by atoms with van der Waals surface area (Å²) >= 11 is 6.04. The number of rotatable bonds is 6. The fourth-order valence-corrected chi connectivity index (χ4v) is 3.64. The number of fused-ring (bicyclic) bond motifs is 1. The monoisotopic (exact) mass is 375 g/mol. The Hall–Kier alpha value is -2.08. The van der Waals surface area contributed by atoms with Gasteiger partial charge in [0.25, 0.3) is 0 Å². The van der Waals surface area contributed by atoms with E-state index in [0.29, 0.717) is 10.8 Å². The molecule has 0 spiro atoms. The molecule has 0 aromatic heterocycles. The second-order valence-electron chi connectivity index (χ2n) is 5.67. The van der Waals surface area contributed by atoms with Crippen LogP contribution in [0.1, 0.15) is 5.56 Å².